The Morgan fingerprint density at radius 1 is 1.38 bits per heavy atom. The van der Waals surface area contributed by atoms with E-state index in [-0.39, 0.29) is 25.0 Å². The van der Waals surface area contributed by atoms with Crippen LogP contribution in [0, 0.1) is 11.8 Å². The summed E-state index contributed by atoms with van der Waals surface area (Å²) in [6.45, 7) is 0.554. The molecule has 1 aliphatic carbocycles. The van der Waals surface area contributed by atoms with E-state index in [0.29, 0.717) is 6.92 Å². The zero-order valence-corrected chi connectivity index (χ0v) is 9.42. The van der Waals surface area contributed by atoms with Crippen molar-refractivity contribution in [3.63, 3.8) is 0 Å². The fourth-order valence-corrected chi connectivity index (χ4v) is 2.05. The Morgan fingerprint density at radius 3 is 2.44 bits per heavy atom. The van der Waals surface area contributed by atoms with Gasteiger partial charge in [-0.1, -0.05) is 12.8 Å². The van der Waals surface area contributed by atoms with Crippen molar-refractivity contribution in [3.8, 4) is 0 Å². The van der Waals surface area contributed by atoms with Gasteiger partial charge in [0.15, 0.2) is 0 Å². The summed E-state index contributed by atoms with van der Waals surface area (Å²) < 4.78 is 29.6. The molecule has 94 valence electrons. The molecule has 5 heteroatoms. The Morgan fingerprint density at radius 2 is 1.94 bits per heavy atom. The molecule has 1 fully saturated rings. The summed E-state index contributed by atoms with van der Waals surface area (Å²) in [5.74, 6) is -4.81. The average molecular weight is 236 g/mol. The van der Waals surface area contributed by atoms with Gasteiger partial charge >= 0.3 is 11.9 Å². The zero-order chi connectivity index (χ0) is 12.2. The molecule has 1 rings (SSSR count). The molecule has 3 nitrogen and oxygen atoms in total. The van der Waals surface area contributed by atoms with Crippen LogP contribution in [0.3, 0.4) is 0 Å². The first kappa shape index (κ1) is 13.4. The molecule has 2 atom stereocenters. The Balaban J connectivity index is 2.38. The zero-order valence-electron chi connectivity index (χ0n) is 9.42. The van der Waals surface area contributed by atoms with Crippen LogP contribution < -0.4 is 0 Å². The largest absolute Gasteiger partial charge is 0.461 e. The Labute approximate surface area is 93.8 Å². The van der Waals surface area contributed by atoms with Gasteiger partial charge in [0.25, 0.3) is 0 Å². The van der Waals surface area contributed by atoms with Crippen LogP contribution >= 0.6 is 0 Å². The van der Waals surface area contributed by atoms with Gasteiger partial charge in [0.1, 0.15) is 0 Å². The van der Waals surface area contributed by atoms with E-state index in [1.165, 1.54) is 0 Å². The molecular weight excluding hydrogens is 218 g/mol. The first-order chi connectivity index (χ1) is 7.45. The predicted octanol–water partition coefficient (Wildman–Crippen LogP) is 1.98. The van der Waals surface area contributed by atoms with Gasteiger partial charge in [-0.25, -0.2) is 4.79 Å². The quantitative estimate of drug-likeness (QED) is 0.759. The molecule has 2 unspecified atom stereocenters. The maximum absolute atomic E-state index is 12.5. The van der Waals surface area contributed by atoms with Crippen LogP contribution in [0.25, 0.3) is 0 Å². The minimum absolute atomic E-state index is 0.00646. The van der Waals surface area contributed by atoms with Gasteiger partial charge in [0, 0.05) is 13.5 Å². The van der Waals surface area contributed by atoms with Gasteiger partial charge in [-0.2, -0.15) is 8.78 Å². The smallest absolute Gasteiger partial charge is 0.376 e. The highest BCUT2D eigenvalue weighted by atomic mass is 19.3. The molecule has 0 amide bonds. The van der Waals surface area contributed by atoms with Crippen molar-refractivity contribution in [2.24, 2.45) is 11.8 Å². The number of halogens is 2. The molecule has 1 aliphatic rings. The number of aliphatic hydroxyl groups is 1. The number of esters is 1. The second-order valence-electron chi connectivity index (χ2n) is 4.47. The van der Waals surface area contributed by atoms with Gasteiger partial charge in [-0.15, -0.1) is 0 Å². The molecule has 0 heterocycles. The molecule has 0 spiro atoms. The number of aliphatic hydroxyl groups excluding tert-OH is 1. The lowest BCUT2D eigenvalue weighted by Crippen LogP contribution is -2.32. The number of hydrogen-bond acceptors (Lipinski definition) is 3. The van der Waals surface area contributed by atoms with E-state index in [4.69, 9.17) is 5.11 Å². The highest BCUT2D eigenvalue weighted by Gasteiger charge is 2.35. The van der Waals surface area contributed by atoms with Crippen molar-refractivity contribution in [3.05, 3.63) is 0 Å². The summed E-state index contributed by atoms with van der Waals surface area (Å²) in [5, 5.41) is 9.10. The number of alkyl halides is 2. The van der Waals surface area contributed by atoms with Crippen LogP contribution in [0.15, 0.2) is 0 Å². The molecule has 0 radical (unpaired) electrons. The average Bonchev–Trinajstić information content (AvgIpc) is 2.24. The Kier molecular flexibility index (Phi) is 4.65. The van der Waals surface area contributed by atoms with Gasteiger partial charge < -0.3 is 9.84 Å². The van der Waals surface area contributed by atoms with Gasteiger partial charge in [-0.3, -0.25) is 0 Å². The lowest BCUT2D eigenvalue weighted by Gasteiger charge is -2.29. The van der Waals surface area contributed by atoms with Crippen LogP contribution in [0.5, 0.6) is 0 Å². The maximum atomic E-state index is 12.5. The van der Waals surface area contributed by atoms with Crippen LogP contribution in [0.4, 0.5) is 8.78 Å². The third-order valence-corrected chi connectivity index (χ3v) is 3.09. The third kappa shape index (κ3) is 3.70. The van der Waals surface area contributed by atoms with E-state index in [2.05, 4.69) is 4.74 Å². The second-order valence-corrected chi connectivity index (χ2v) is 4.47. The number of rotatable bonds is 4. The van der Waals surface area contributed by atoms with E-state index in [1.807, 2.05) is 0 Å². The Hall–Kier alpha value is -0.710. The highest BCUT2D eigenvalue weighted by molar-refractivity contribution is 5.76. The van der Waals surface area contributed by atoms with E-state index >= 15 is 0 Å². The van der Waals surface area contributed by atoms with E-state index in [0.717, 1.165) is 25.7 Å². The topological polar surface area (TPSA) is 46.5 Å². The molecule has 0 bridgehead atoms. The van der Waals surface area contributed by atoms with Crippen molar-refractivity contribution in [2.45, 2.75) is 38.5 Å². The SMILES string of the molecule is CC(F)(F)C(=O)OCC1CCCCC1CO. The van der Waals surface area contributed by atoms with Gasteiger partial charge in [0.05, 0.1) is 6.61 Å². The summed E-state index contributed by atoms with van der Waals surface area (Å²) in [6.07, 6.45) is 3.75. The van der Waals surface area contributed by atoms with E-state index in [1.54, 1.807) is 0 Å². The lowest BCUT2D eigenvalue weighted by molar-refractivity contribution is -0.171. The van der Waals surface area contributed by atoms with Crippen molar-refractivity contribution >= 4 is 5.97 Å². The minimum atomic E-state index is -3.43. The molecular formula is C11H18F2O3. The summed E-state index contributed by atoms with van der Waals surface area (Å²) in [4.78, 5) is 10.9. The maximum Gasteiger partial charge on any atom is 0.376 e. The molecule has 1 N–H and O–H groups in total. The number of hydrogen-bond donors (Lipinski definition) is 1. The fraction of sp³-hybridized carbons (Fsp3) is 0.909. The lowest BCUT2D eigenvalue weighted by atomic mass is 9.80. The normalized spacial score (nSPS) is 26.5. The number of carbonyl (C=O) groups excluding carboxylic acids is 1. The van der Waals surface area contributed by atoms with E-state index in [9.17, 15) is 13.6 Å². The molecule has 1 saturated carbocycles. The molecule has 16 heavy (non-hydrogen) atoms. The van der Waals surface area contributed by atoms with Crippen LogP contribution in [0.2, 0.25) is 0 Å². The molecule has 0 aromatic carbocycles. The first-order valence-electron chi connectivity index (χ1n) is 5.61. The van der Waals surface area contributed by atoms with Gasteiger partial charge in [0.2, 0.25) is 0 Å². The fourth-order valence-electron chi connectivity index (χ4n) is 2.05. The molecule has 0 aromatic heterocycles. The standard InChI is InChI=1S/C11H18F2O3/c1-11(12,13)10(15)16-7-9-5-3-2-4-8(9)6-14/h8-9,14H,2-7H2,1H3. The van der Waals surface area contributed by atoms with Crippen LogP contribution in [0.1, 0.15) is 32.6 Å². The minimum Gasteiger partial charge on any atom is -0.461 e. The second kappa shape index (κ2) is 5.57. The first-order valence-corrected chi connectivity index (χ1v) is 5.61. The number of ether oxygens (including phenoxy) is 1. The third-order valence-electron chi connectivity index (χ3n) is 3.09. The summed E-state index contributed by atoms with van der Waals surface area (Å²) in [7, 11) is 0. The number of carbonyl (C=O) groups is 1. The van der Waals surface area contributed by atoms with Crippen molar-refractivity contribution in [1.82, 2.24) is 0 Å². The van der Waals surface area contributed by atoms with Crippen LogP contribution in [-0.2, 0) is 9.53 Å². The monoisotopic (exact) mass is 236 g/mol. The molecule has 0 aliphatic heterocycles. The summed E-state index contributed by atoms with van der Waals surface area (Å²) >= 11 is 0. The van der Waals surface area contributed by atoms with E-state index < -0.39 is 11.9 Å². The molecule has 0 saturated heterocycles. The summed E-state index contributed by atoms with van der Waals surface area (Å²) in [6, 6.07) is 0. The highest BCUT2D eigenvalue weighted by Crippen LogP contribution is 2.30. The molecule has 0 aromatic rings. The predicted molar refractivity (Wildman–Crippen MR) is 54.1 cm³/mol. The summed E-state index contributed by atoms with van der Waals surface area (Å²) in [5.41, 5.74) is 0. The van der Waals surface area contributed by atoms with Gasteiger partial charge in [-0.05, 0) is 24.7 Å². The Bertz CT molecular complexity index is 238. The van der Waals surface area contributed by atoms with Crippen molar-refractivity contribution in [1.29, 1.82) is 0 Å². The van der Waals surface area contributed by atoms with Crippen molar-refractivity contribution < 1.29 is 23.4 Å². The van der Waals surface area contributed by atoms with Crippen LogP contribution in [-0.4, -0.2) is 30.2 Å². The van der Waals surface area contributed by atoms with Crippen molar-refractivity contribution in [2.75, 3.05) is 13.2 Å².